The summed E-state index contributed by atoms with van der Waals surface area (Å²) in [4.78, 5) is 10.8. The van der Waals surface area contributed by atoms with Crippen molar-refractivity contribution in [3.63, 3.8) is 0 Å². The number of nitrogens with one attached hydrogen (secondary N) is 1. The summed E-state index contributed by atoms with van der Waals surface area (Å²) in [5.74, 6) is -0.0157. The van der Waals surface area contributed by atoms with E-state index in [1.165, 1.54) is 12.4 Å². The molecule has 0 saturated heterocycles. The number of anilines is 1. The molecule has 0 aliphatic heterocycles. The molecule has 11 heavy (non-hydrogen) atoms. The summed E-state index contributed by atoms with van der Waals surface area (Å²) in [6.45, 7) is 1.80. The van der Waals surface area contributed by atoms with Crippen LogP contribution in [-0.4, -0.2) is 16.1 Å². The average Bonchev–Trinajstić information content (AvgIpc) is 2.06. The Kier molecular flexibility index (Phi) is 2.54. The maximum Gasteiger partial charge on any atom is 0.224 e. The fourth-order valence-electron chi connectivity index (χ4n) is 0.614. The highest BCUT2D eigenvalue weighted by Gasteiger charge is 1.96. The van der Waals surface area contributed by atoms with Crippen LogP contribution in [0, 0.1) is 0 Å². The molecule has 0 atom stereocenters. The lowest BCUT2D eigenvalue weighted by Gasteiger charge is -1.99. The van der Waals surface area contributed by atoms with Gasteiger partial charge in [-0.1, -0.05) is 6.92 Å². The third-order valence-corrected chi connectivity index (χ3v) is 1.19. The molecule has 0 saturated carbocycles. The van der Waals surface area contributed by atoms with E-state index < -0.39 is 0 Å². The fraction of sp³-hybridized carbons (Fsp3) is 0.286. The molecular formula is C7H9N3O. The summed E-state index contributed by atoms with van der Waals surface area (Å²) >= 11 is 0. The normalized spacial score (nSPS) is 9.18. The van der Waals surface area contributed by atoms with Gasteiger partial charge >= 0.3 is 0 Å². The second-order valence-electron chi connectivity index (χ2n) is 2.03. The van der Waals surface area contributed by atoms with E-state index in [1.807, 2.05) is 0 Å². The first kappa shape index (κ1) is 7.65. The Morgan fingerprint density at radius 3 is 3.00 bits per heavy atom. The number of aromatic nitrogens is 2. The zero-order valence-corrected chi connectivity index (χ0v) is 6.24. The molecule has 0 radical (unpaired) electrons. The van der Waals surface area contributed by atoms with Crippen molar-refractivity contribution in [2.45, 2.75) is 13.3 Å². The Labute approximate surface area is 64.6 Å². The third-order valence-electron chi connectivity index (χ3n) is 1.19. The van der Waals surface area contributed by atoms with Gasteiger partial charge in [-0.15, -0.1) is 0 Å². The summed E-state index contributed by atoms with van der Waals surface area (Å²) in [5, 5.41) is 9.83. The smallest absolute Gasteiger partial charge is 0.224 e. The van der Waals surface area contributed by atoms with Crippen LogP contribution < -0.4 is 5.32 Å². The number of nitrogens with zero attached hydrogens (tertiary/aromatic N) is 2. The molecule has 4 nitrogen and oxygen atoms in total. The highest BCUT2D eigenvalue weighted by molar-refractivity contribution is 5.90. The fourth-order valence-corrected chi connectivity index (χ4v) is 0.614. The van der Waals surface area contributed by atoms with Gasteiger partial charge in [-0.3, -0.25) is 4.79 Å². The molecule has 0 aromatic carbocycles. The zero-order valence-electron chi connectivity index (χ0n) is 6.24. The summed E-state index contributed by atoms with van der Waals surface area (Å²) in [6.07, 6.45) is 3.52. The zero-order chi connectivity index (χ0) is 8.10. The van der Waals surface area contributed by atoms with Gasteiger partial charge in [-0.25, -0.2) is 0 Å². The van der Waals surface area contributed by atoms with Crippen LogP contribution in [0.5, 0.6) is 0 Å². The Morgan fingerprint density at radius 1 is 1.64 bits per heavy atom. The molecule has 1 aromatic rings. The Morgan fingerprint density at radius 2 is 2.45 bits per heavy atom. The van der Waals surface area contributed by atoms with Gasteiger partial charge in [0.2, 0.25) is 5.91 Å². The minimum absolute atomic E-state index is 0.0157. The molecule has 0 aliphatic rings. The molecule has 4 heteroatoms. The average molecular weight is 151 g/mol. The molecular weight excluding hydrogens is 142 g/mol. The minimum atomic E-state index is -0.0157. The molecule has 58 valence electrons. The molecule has 1 N–H and O–H groups in total. The highest BCUT2D eigenvalue weighted by Crippen LogP contribution is 2.00. The van der Waals surface area contributed by atoms with Crippen molar-refractivity contribution in [1.82, 2.24) is 10.2 Å². The molecule has 1 amide bonds. The van der Waals surface area contributed by atoms with Gasteiger partial charge in [0, 0.05) is 6.42 Å². The SMILES string of the molecule is CCC(=O)Nc1ccnnc1. The number of amides is 1. The second kappa shape index (κ2) is 3.65. The molecule has 1 rings (SSSR count). The second-order valence-corrected chi connectivity index (χ2v) is 2.03. The van der Waals surface area contributed by atoms with E-state index in [4.69, 9.17) is 0 Å². The van der Waals surface area contributed by atoms with E-state index in [0.29, 0.717) is 12.1 Å². The van der Waals surface area contributed by atoms with Crippen LogP contribution in [0.15, 0.2) is 18.5 Å². The standard InChI is InChI=1S/C7H9N3O/c1-2-7(11)10-6-3-4-8-9-5-6/h3-5H,2H2,1H3,(H,8,10,11). The molecule has 1 heterocycles. The first-order valence-electron chi connectivity index (χ1n) is 3.39. The number of hydrogen-bond donors (Lipinski definition) is 1. The summed E-state index contributed by atoms with van der Waals surface area (Å²) < 4.78 is 0. The van der Waals surface area contributed by atoms with E-state index in [2.05, 4.69) is 15.5 Å². The van der Waals surface area contributed by atoms with Crippen molar-refractivity contribution in [2.24, 2.45) is 0 Å². The van der Waals surface area contributed by atoms with Gasteiger partial charge in [-0.2, -0.15) is 10.2 Å². The predicted molar refractivity (Wildman–Crippen MR) is 41.0 cm³/mol. The van der Waals surface area contributed by atoms with Crippen molar-refractivity contribution in [1.29, 1.82) is 0 Å². The van der Waals surface area contributed by atoms with Crippen LogP contribution in [0.3, 0.4) is 0 Å². The first-order valence-corrected chi connectivity index (χ1v) is 3.39. The molecule has 1 aromatic heterocycles. The highest BCUT2D eigenvalue weighted by atomic mass is 16.1. The monoisotopic (exact) mass is 151 g/mol. The van der Waals surface area contributed by atoms with Gasteiger partial charge < -0.3 is 5.32 Å². The molecule has 0 spiro atoms. The quantitative estimate of drug-likeness (QED) is 0.681. The largest absolute Gasteiger partial charge is 0.325 e. The van der Waals surface area contributed by atoms with Crippen LogP contribution >= 0.6 is 0 Å². The number of hydrogen-bond acceptors (Lipinski definition) is 3. The van der Waals surface area contributed by atoms with Gasteiger partial charge in [-0.05, 0) is 6.07 Å². The minimum Gasteiger partial charge on any atom is -0.325 e. The third kappa shape index (κ3) is 2.33. The van der Waals surface area contributed by atoms with Gasteiger partial charge in [0.15, 0.2) is 0 Å². The summed E-state index contributed by atoms with van der Waals surface area (Å²) in [5.41, 5.74) is 0.687. The topological polar surface area (TPSA) is 54.9 Å². The van der Waals surface area contributed by atoms with E-state index in [-0.39, 0.29) is 5.91 Å². The lowest BCUT2D eigenvalue weighted by molar-refractivity contribution is -0.115. The Balaban J connectivity index is 2.58. The van der Waals surface area contributed by atoms with Crippen molar-refractivity contribution in [3.05, 3.63) is 18.5 Å². The van der Waals surface area contributed by atoms with Crippen LogP contribution in [0.2, 0.25) is 0 Å². The number of carbonyl (C=O) groups is 1. The van der Waals surface area contributed by atoms with Crippen LogP contribution in [0.1, 0.15) is 13.3 Å². The van der Waals surface area contributed by atoms with E-state index in [9.17, 15) is 4.79 Å². The summed E-state index contributed by atoms with van der Waals surface area (Å²) in [6, 6.07) is 1.69. The first-order chi connectivity index (χ1) is 5.33. The maximum absolute atomic E-state index is 10.8. The van der Waals surface area contributed by atoms with Crippen molar-refractivity contribution >= 4 is 11.6 Å². The Hall–Kier alpha value is -1.45. The lowest BCUT2D eigenvalue weighted by atomic mass is 10.4. The molecule has 0 aliphatic carbocycles. The maximum atomic E-state index is 10.8. The van der Waals surface area contributed by atoms with Crippen molar-refractivity contribution in [3.8, 4) is 0 Å². The van der Waals surface area contributed by atoms with Crippen LogP contribution in [0.25, 0.3) is 0 Å². The number of carbonyl (C=O) groups excluding carboxylic acids is 1. The summed E-state index contributed by atoms with van der Waals surface area (Å²) in [7, 11) is 0. The molecule has 0 fully saturated rings. The van der Waals surface area contributed by atoms with E-state index in [1.54, 1.807) is 13.0 Å². The van der Waals surface area contributed by atoms with E-state index in [0.717, 1.165) is 0 Å². The van der Waals surface area contributed by atoms with Crippen molar-refractivity contribution in [2.75, 3.05) is 5.32 Å². The van der Waals surface area contributed by atoms with Crippen molar-refractivity contribution < 1.29 is 4.79 Å². The lowest BCUT2D eigenvalue weighted by Crippen LogP contribution is -2.09. The van der Waals surface area contributed by atoms with Gasteiger partial charge in [0.05, 0.1) is 18.1 Å². The predicted octanol–water partition coefficient (Wildman–Crippen LogP) is 0.825. The van der Waals surface area contributed by atoms with Gasteiger partial charge in [0.25, 0.3) is 0 Å². The molecule has 0 bridgehead atoms. The van der Waals surface area contributed by atoms with Crippen LogP contribution in [0.4, 0.5) is 5.69 Å². The van der Waals surface area contributed by atoms with Crippen LogP contribution in [-0.2, 0) is 4.79 Å². The van der Waals surface area contributed by atoms with E-state index >= 15 is 0 Å². The molecule has 0 unspecified atom stereocenters. The number of rotatable bonds is 2. The van der Waals surface area contributed by atoms with Gasteiger partial charge in [0.1, 0.15) is 0 Å². The Bertz CT molecular complexity index is 235.